The fourth-order valence-electron chi connectivity index (χ4n) is 4.07. The van der Waals surface area contributed by atoms with Gasteiger partial charge in [-0.3, -0.25) is 5.10 Å². The first kappa shape index (κ1) is 14.0. The number of nitrogens with two attached hydrogens (primary N) is 2. The molecule has 2 saturated carbocycles. The van der Waals surface area contributed by atoms with Crippen LogP contribution in [-0.2, 0) is 0 Å². The molecular formula is C18H24N4. The lowest BCUT2D eigenvalue weighted by molar-refractivity contribution is 0.239. The normalized spacial score (nSPS) is 34.5. The molecule has 0 aliphatic heterocycles. The van der Waals surface area contributed by atoms with Gasteiger partial charge in [0.05, 0.1) is 5.69 Å². The average molecular weight is 296 g/mol. The second kappa shape index (κ2) is 5.21. The molecule has 22 heavy (non-hydrogen) atoms. The molecule has 2 aromatic rings. The molecule has 4 heteroatoms. The van der Waals surface area contributed by atoms with Crippen molar-refractivity contribution in [3.05, 3.63) is 42.1 Å². The summed E-state index contributed by atoms with van der Waals surface area (Å²) in [6, 6.07) is 11.2. The summed E-state index contributed by atoms with van der Waals surface area (Å²) in [5.74, 6) is 1.27. The van der Waals surface area contributed by atoms with Crippen molar-refractivity contribution in [2.75, 3.05) is 0 Å². The Morgan fingerprint density at radius 1 is 1.09 bits per heavy atom. The SMILES string of the molecule is NC1CCC(N)([C@H]2C[C@H]2c2ccc(-c3ccn[nH]3)cc2)CC1. The van der Waals surface area contributed by atoms with Gasteiger partial charge in [-0.15, -0.1) is 0 Å². The lowest BCUT2D eigenvalue weighted by Gasteiger charge is -2.36. The topological polar surface area (TPSA) is 80.7 Å². The largest absolute Gasteiger partial charge is 0.328 e. The van der Waals surface area contributed by atoms with Crippen LogP contribution in [0.15, 0.2) is 36.5 Å². The van der Waals surface area contributed by atoms with Gasteiger partial charge in [0.25, 0.3) is 0 Å². The Bertz CT molecular complexity index is 624. The van der Waals surface area contributed by atoms with Crippen molar-refractivity contribution in [1.29, 1.82) is 0 Å². The van der Waals surface area contributed by atoms with Gasteiger partial charge in [-0.1, -0.05) is 24.3 Å². The molecule has 1 aromatic heterocycles. The maximum atomic E-state index is 6.69. The Kier molecular flexibility index (Phi) is 3.31. The summed E-state index contributed by atoms with van der Waals surface area (Å²) >= 11 is 0. The highest BCUT2D eigenvalue weighted by Gasteiger charge is 2.51. The number of H-pyrrole nitrogens is 1. The van der Waals surface area contributed by atoms with E-state index in [1.54, 1.807) is 6.20 Å². The first-order valence-corrected chi connectivity index (χ1v) is 8.30. The van der Waals surface area contributed by atoms with E-state index in [0.717, 1.165) is 31.4 Å². The van der Waals surface area contributed by atoms with Crippen molar-refractivity contribution in [2.45, 2.75) is 49.6 Å². The minimum atomic E-state index is 0.0165. The maximum absolute atomic E-state index is 6.69. The minimum Gasteiger partial charge on any atom is -0.328 e. The zero-order valence-corrected chi connectivity index (χ0v) is 12.8. The van der Waals surface area contributed by atoms with E-state index in [4.69, 9.17) is 11.5 Å². The number of rotatable bonds is 3. The van der Waals surface area contributed by atoms with E-state index in [-0.39, 0.29) is 5.54 Å². The Morgan fingerprint density at radius 3 is 2.45 bits per heavy atom. The summed E-state index contributed by atoms with van der Waals surface area (Å²) in [6.45, 7) is 0. The first-order chi connectivity index (χ1) is 10.7. The molecule has 116 valence electrons. The third kappa shape index (κ3) is 2.46. The van der Waals surface area contributed by atoms with Crippen LogP contribution in [0.4, 0.5) is 0 Å². The second-order valence-electron chi connectivity index (χ2n) is 7.11. The van der Waals surface area contributed by atoms with Gasteiger partial charge in [-0.05, 0) is 61.1 Å². The van der Waals surface area contributed by atoms with E-state index in [0.29, 0.717) is 17.9 Å². The van der Waals surface area contributed by atoms with Gasteiger partial charge < -0.3 is 11.5 Å². The Hall–Kier alpha value is -1.65. The van der Waals surface area contributed by atoms with Gasteiger partial charge in [-0.2, -0.15) is 5.10 Å². The van der Waals surface area contributed by atoms with E-state index in [1.807, 2.05) is 6.07 Å². The number of aromatic nitrogens is 2. The van der Waals surface area contributed by atoms with E-state index in [2.05, 4.69) is 34.5 Å². The van der Waals surface area contributed by atoms with E-state index in [9.17, 15) is 0 Å². The molecule has 2 aliphatic rings. The van der Waals surface area contributed by atoms with Gasteiger partial charge in [0, 0.05) is 17.8 Å². The molecule has 0 saturated heterocycles. The van der Waals surface area contributed by atoms with Crippen molar-refractivity contribution in [2.24, 2.45) is 17.4 Å². The smallest absolute Gasteiger partial charge is 0.0650 e. The van der Waals surface area contributed by atoms with Crippen molar-refractivity contribution in [3.63, 3.8) is 0 Å². The number of aromatic amines is 1. The van der Waals surface area contributed by atoms with E-state index < -0.39 is 0 Å². The van der Waals surface area contributed by atoms with Crippen LogP contribution in [0.3, 0.4) is 0 Å². The molecule has 1 aromatic carbocycles. The third-order valence-corrected chi connectivity index (χ3v) is 5.64. The summed E-state index contributed by atoms with van der Waals surface area (Å²) in [7, 11) is 0. The predicted molar refractivity (Wildman–Crippen MR) is 88.2 cm³/mol. The summed E-state index contributed by atoms with van der Waals surface area (Å²) < 4.78 is 0. The standard InChI is InChI=1S/C18H24N4/c19-14-5-8-18(20,9-6-14)16-11-15(16)12-1-3-13(4-2-12)17-7-10-21-22-17/h1-4,7,10,14-16H,5-6,8-9,11,19-20H2,(H,21,22)/t14?,15-,16-,18?/m0/s1. The van der Waals surface area contributed by atoms with Gasteiger partial charge in [0.2, 0.25) is 0 Å². The van der Waals surface area contributed by atoms with Crippen molar-refractivity contribution in [3.8, 4) is 11.3 Å². The molecule has 0 bridgehead atoms. The molecule has 0 spiro atoms. The summed E-state index contributed by atoms with van der Waals surface area (Å²) in [6.07, 6.45) is 7.35. The van der Waals surface area contributed by atoms with Crippen LogP contribution < -0.4 is 11.5 Å². The lowest BCUT2D eigenvalue weighted by atomic mass is 9.76. The molecule has 2 fully saturated rings. The number of nitrogens with one attached hydrogen (secondary N) is 1. The number of hydrogen-bond donors (Lipinski definition) is 3. The Morgan fingerprint density at radius 2 is 1.82 bits per heavy atom. The highest BCUT2D eigenvalue weighted by atomic mass is 15.1. The lowest BCUT2D eigenvalue weighted by Crippen LogP contribution is -2.48. The third-order valence-electron chi connectivity index (χ3n) is 5.64. The van der Waals surface area contributed by atoms with Crippen molar-refractivity contribution in [1.82, 2.24) is 10.2 Å². The molecule has 2 atom stereocenters. The van der Waals surface area contributed by atoms with Gasteiger partial charge >= 0.3 is 0 Å². The second-order valence-corrected chi connectivity index (χ2v) is 7.11. The summed E-state index contributed by atoms with van der Waals surface area (Å²) in [4.78, 5) is 0. The molecule has 4 nitrogen and oxygen atoms in total. The maximum Gasteiger partial charge on any atom is 0.0650 e. The fraction of sp³-hybridized carbons (Fsp3) is 0.500. The Labute approximate surface area is 131 Å². The van der Waals surface area contributed by atoms with Crippen LogP contribution in [-0.4, -0.2) is 21.8 Å². The van der Waals surface area contributed by atoms with Crippen LogP contribution in [0.1, 0.15) is 43.6 Å². The minimum absolute atomic E-state index is 0.0165. The number of nitrogens with zero attached hydrogens (tertiary/aromatic N) is 1. The van der Waals surface area contributed by atoms with Gasteiger partial charge in [0.15, 0.2) is 0 Å². The quantitative estimate of drug-likeness (QED) is 0.814. The average Bonchev–Trinajstić information content (AvgIpc) is 3.18. The van der Waals surface area contributed by atoms with E-state index >= 15 is 0 Å². The van der Waals surface area contributed by atoms with E-state index in [1.165, 1.54) is 17.5 Å². The molecular weight excluding hydrogens is 272 g/mol. The summed E-state index contributed by atoms with van der Waals surface area (Å²) in [5, 5.41) is 7.01. The van der Waals surface area contributed by atoms with Crippen LogP contribution in [0.25, 0.3) is 11.3 Å². The highest BCUT2D eigenvalue weighted by molar-refractivity contribution is 5.59. The van der Waals surface area contributed by atoms with Crippen LogP contribution >= 0.6 is 0 Å². The summed E-state index contributed by atoms with van der Waals surface area (Å²) in [5.41, 5.74) is 16.4. The zero-order chi connectivity index (χ0) is 15.2. The molecule has 0 amide bonds. The van der Waals surface area contributed by atoms with Gasteiger partial charge in [-0.25, -0.2) is 0 Å². The van der Waals surface area contributed by atoms with Gasteiger partial charge in [0.1, 0.15) is 0 Å². The highest BCUT2D eigenvalue weighted by Crippen LogP contribution is 2.56. The predicted octanol–water partition coefficient (Wildman–Crippen LogP) is 2.78. The molecule has 2 aliphatic carbocycles. The number of benzene rings is 1. The molecule has 0 radical (unpaired) electrons. The van der Waals surface area contributed by atoms with Crippen LogP contribution in [0.5, 0.6) is 0 Å². The number of hydrogen-bond acceptors (Lipinski definition) is 3. The van der Waals surface area contributed by atoms with Crippen LogP contribution in [0, 0.1) is 5.92 Å². The van der Waals surface area contributed by atoms with Crippen LogP contribution in [0.2, 0.25) is 0 Å². The molecule has 1 heterocycles. The monoisotopic (exact) mass is 296 g/mol. The van der Waals surface area contributed by atoms with Crippen molar-refractivity contribution >= 4 is 0 Å². The van der Waals surface area contributed by atoms with Crippen molar-refractivity contribution < 1.29 is 0 Å². The molecule has 4 rings (SSSR count). The first-order valence-electron chi connectivity index (χ1n) is 8.30. The Balaban J connectivity index is 1.46. The fourth-order valence-corrected chi connectivity index (χ4v) is 4.07. The zero-order valence-electron chi connectivity index (χ0n) is 12.8. The molecule has 5 N–H and O–H groups in total. The molecule has 0 unspecified atom stereocenters.